The number of hydrogen-bond acceptors (Lipinski definition) is 3. The van der Waals surface area contributed by atoms with Crippen molar-refractivity contribution in [3.05, 3.63) is 58.9 Å². The van der Waals surface area contributed by atoms with Crippen LogP contribution in [0.5, 0.6) is 0 Å². The van der Waals surface area contributed by atoms with E-state index in [9.17, 15) is 12.8 Å². The number of benzene rings is 2. The van der Waals surface area contributed by atoms with Crippen molar-refractivity contribution in [2.45, 2.75) is 6.54 Å². The molecule has 0 saturated carbocycles. The molecule has 2 N–H and O–H groups in total. The summed E-state index contributed by atoms with van der Waals surface area (Å²) < 4.78 is 38.5. The van der Waals surface area contributed by atoms with Crippen molar-refractivity contribution in [2.24, 2.45) is 0 Å². The Morgan fingerprint density at radius 1 is 1.14 bits per heavy atom. The number of anilines is 2. The topological polar surface area (TPSA) is 58.2 Å². The van der Waals surface area contributed by atoms with Crippen molar-refractivity contribution in [3.63, 3.8) is 0 Å². The second-order valence-electron chi connectivity index (χ2n) is 4.52. The van der Waals surface area contributed by atoms with Gasteiger partial charge in [0, 0.05) is 17.8 Å². The summed E-state index contributed by atoms with van der Waals surface area (Å²) in [4.78, 5) is 0. The molecule has 0 aliphatic heterocycles. The van der Waals surface area contributed by atoms with Crippen LogP contribution in [0.2, 0.25) is 5.02 Å². The van der Waals surface area contributed by atoms with Crippen LogP contribution < -0.4 is 10.0 Å². The van der Waals surface area contributed by atoms with E-state index in [1.54, 1.807) is 36.4 Å². The minimum atomic E-state index is -3.33. The van der Waals surface area contributed by atoms with Crippen molar-refractivity contribution in [1.82, 2.24) is 0 Å². The van der Waals surface area contributed by atoms with Gasteiger partial charge >= 0.3 is 0 Å². The normalized spacial score (nSPS) is 11.2. The lowest BCUT2D eigenvalue weighted by Gasteiger charge is -2.10. The van der Waals surface area contributed by atoms with Gasteiger partial charge in [0.1, 0.15) is 5.82 Å². The van der Waals surface area contributed by atoms with E-state index in [4.69, 9.17) is 11.6 Å². The number of sulfonamides is 1. The highest BCUT2D eigenvalue weighted by molar-refractivity contribution is 7.92. The van der Waals surface area contributed by atoms with Gasteiger partial charge in [0.05, 0.1) is 17.0 Å². The van der Waals surface area contributed by atoms with Crippen LogP contribution in [0.3, 0.4) is 0 Å². The zero-order valence-corrected chi connectivity index (χ0v) is 12.8. The largest absolute Gasteiger partial charge is 0.381 e. The van der Waals surface area contributed by atoms with E-state index in [1.807, 2.05) is 0 Å². The summed E-state index contributed by atoms with van der Waals surface area (Å²) in [5.41, 5.74) is 1.54. The molecule has 0 aromatic heterocycles. The van der Waals surface area contributed by atoms with Gasteiger partial charge in [-0.3, -0.25) is 4.72 Å². The quantitative estimate of drug-likeness (QED) is 0.883. The van der Waals surface area contributed by atoms with Gasteiger partial charge in [-0.25, -0.2) is 12.8 Å². The molecule has 0 aliphatic carbocycles. The average Bonchev–Trinajstić information content (AvgIpc) is 2.39. The van der Waals surface area contributed by atoms with Crippen LogP contribution >= 0.6 is 11.6 Å². The molecular formula is C14H14ClFN2O2S. The third-order valence-electron chi connectivity index (χ3n) is 2.68. The SMILES string of the molecule is CS(=O)(=O)Nc1cccc(NCc2cccc(Cl)c2F)c1. The van der Waals surface area contributed by atoms with Crippen LogP contribution in [-0.2, 0) is 16.6 Å². The molecule has 21 heavy (non-hydrogen) atoms. The van der Waals surface area contributed by atoms with E-state index in [0.29, 0.717) is 16.9 Å². The maximum Gasteiger partial charge on any atom is 0.229 e. The summed E-state index contributed by atoms with van der Waals surface area (Å²) in [6.07, 6.45) is 1.08. The highest BCUT2D eigenvalue weighted by atomic mass is 35.5. The highest BCUT2D eigenvalue weighted by Crippen LogP contribution is 2.20. The van der Waals surface area contributed by atoms with Crippen molar-refractivity contribution in [3.8, 4) is 0 Å². The van der Waals surface area contributed by atoms with Gasteiger partial charge in [-0.05, 0) is 24.3 Å². The molecule has 112 valence electrons. The molecular weight excluding hydrogens is 315 g/mol. The summed E-state index contributed by atoms with van der Waals surface area (Å²) in [5, 5.41) is 3.09. The zero-order chi connectivity index (χ0) is 15.5. The molecule has 2 aromatic carbocycles. The van der Waals surface area contributed by atoms with E-state index in [1.165, 1.54) is 6.07 Å². The maximum atomic E-state index is 13.7. The third-order valence-corrected chi connectivity index (χ3v) is 3.58. The first-order valence-corrected chi connectivity index (χ1v) is 8.37. The molecule has 0 saturated heterocycles. The molecule has 0 atom stereocenters. The summed E-state index contributed by atoms with van der Waals surface area (Å²) in [7, 11) is -3.33. The van der Waals surface area contributed by atoms with E-state index in [0.717, 1.165) is 6.26 Å². The average molecular weight is 329 g/mol. The van der Waals surface area contributed by atoms with Crippen LogP contribution in [0.15, 0.2) is 42.5 Å². The molecule has 0 amide bonds. The van der Waals surface area contributed by atoms with Crippen molar-refractivity contribution in [1.29, 1.82) is 0 Å². The Morgan fingerprint density at radius 3 is 2.52 bits per heavy atom. The lowest BCUT2D eigenvalue weighted by atomic mass is 10.2. The Hall–Kier alpha value is -1.79. The molecule has 4 nitrogen and oxygen atoms in total. The lowest BCUT2D eigenvalue weighted by Crippen LogP contribution is -2.10. The van der Waals surface area contributed by atoms with E-state index >= 15 is 0 Å². The Labute approximate surface area is 128 Å². The Balaban J connectivity index is 2.10. The van der Waals surface area contributed by atoms with Gasteiger partial charge in [0.15, 0.2) is 0 Å². The first-order chi connectivity index (χ1) is 9.85. The Bertz CT molecular complexity index is 750. The van der Waals surface area contributed by atoms with Crippen LogP contribution in [0.4, 0.5) is 15.8 Å². The minimum absolute atomic E-state index is 0.0711. The van der Waals surface area contributed by atoms with Gasteiger partial charge in [-0.1, -0.05) is 29.8 Å². The monoisotopic (exact) mass is 328 g/mol. The summed E-state index contributed by atoms with van der Waals surface area (Å²) >= 11 is 5.71. The fourth-order valence-electron chi connectivity index (χ4n) is 1.79. The van der Waals surface area contributed by atoms with E-state index < -0.39 is 15.8 Å². The van der Waals surface area contributed by atoms with Gasteiger partial charge in [0.2, 0.25) is 10.0 Å². The third kappa shape index (κ3) is 4.61. The molecule has 0 fully saturated rings. The zero-order valence-electron chi connectivity index (χ0n) is 11.2. The van der Waals surface area contributed by atoms with Crippen molar-refractivity contribution >= 4 is 33.0 Å². The van der Waals surface area contributed by atoms with Gasteiger partial charge in [0.25, 0.3) is 0 Å². The Morgan fingerprint density at radius 2 is 1.81 bits per heavy atom. The summed E-state index contributed by atoms with van der Waals surface area (Å²) in [6.45, 7) is 0.245. The molecule has 0 radical (unpaired) electrons. The fourth-order valence-corrected chi connectivity index (χ4v) is 2.54. The van der Waals surface area contributed by atoms with Crippen LogP contribution in [0, 0.1) is 5.82 Å². The molecule has 0 aliphatic rings. The highest BCUT2D eigenvalue weighted by Gasteiger charge is 2.06. The predicted molar refractivity (Wildman–Crippen MR) is 83.6 cm³/mol. The van der Waals surface area contributed by atoms with Crippen molar-refractivity contribution < 1.29 is 12.8 Å². The molecule has 0 spiro atoms. The fraction of sp³-hybridized carbons (Fsp3) is 0.143. The summed E-state index contributed by atoms with van der Waals surface area (Å²) in [5.74, 6) is -0.461. The molecule has 0 unspecified atom stereocenters. The second-order valence-corrected chi connectivity index (χ2v) is 6.68. The predicted octanol–water partition coefficient (Wildman–Crippen LogP) is 3.46. The van der Waals surface area contributed by atoms with Crippen molar-refractivity contribution in [2.75, 3.05) is 16.3 Å². The molecule has 0 heterocycles. The van der Waals surface area contributed by atoms with E-state index in [2.05, 4.69) is 10.0 Å². The summed E-state index contributed by atoms with van der Waals surface area (Å²) in [6, 6.07) is 11.5. The first-order valence-electron chi connectivity index (χ1n) is 6.10. The maximum absolute atomic E-state index is 13.7. The smallest absolute Gasteiger partial charge is 0.229 e. The standard InChI is InChI=1S/C14H14ClFN2O2S/c1-21(19,20)18-12-6-3-5-11(8-12)17-9-10-4-2-7-13(15)14(10)16/h2-8,17-18H,9H2,1H3. The van der Waals surface area contributed by atoms with Crippen LogP contribution in [-0.4, -0.2) is 14.7 Å². The molecule has 0 bridgehead atoms. The van der Waals surface area contributed by atoms with Gasteiger partial charge in [-0.15, -0.1) is 0 Å². The number of hydrogen-bond donors (Lipinski definition) is 2. The second kappa shape index (κ2) is 6.32. The molecule has 2 aromatic rings. The van der Waals surface area contributed by atoms with Crippen LogP contribution in [0.1, 0.15) is 5.56 Å². The lowest BCUT2D eigenvalue weighted by molar-refractivity contribution is 0.607. The minimum Gasteiger partial charge on any atom is -0.381 e. The Kier molecular flexibility index (Phi) is 4.69. The molecule has 2 rings (SSSR count). The first kappa shape index (κ1) is 15.6. The molecule has 7 heteroatoms. The van der Waals surface area contributed by atoms with E-state index in [-0.39, 0.29) is 11.6 Å². The van der Waals surface area contributed by atoms with Gasteiger partial charge in [-0.2, -0.15) is 0 Å². The number of rotatable bonds is 5. The number of nitrogens with one attached hydrogen (secondary N) is 2. The van der Waals surface area contributed by atoms with Gasteiger partial charge < -0.3 is 5.32 Å². The van der Waals surface area contributed by atoms with Crippen LogP contribution in [0.25, 0.3) is 0 Å². The number of halogens is 2.